The smallest absolute Gasteiger partial charge is 0.203 e. The molecule has 4 nitrogen and oxygen atoms in total. The third-order valence-electron chi connectivity index (χ3n) is 2.08. The van der Waals surface area contributed by atoms with Crippen LogP contribution in [-0.2, 0) is 0 Å². The first-order chi connectivity index (χ1) is 7.78. The van der Waals surface area contributed by atoms with Crippen LogP contribution in [0.2, 0.25) is 0 Å². The number of nitrogens with one attached hydrogen (secondary N) is 1. The Morgan fingerprint density at radius 1 is 1.12 bits per heavy atom. The van der Waals surface area contributed by atoms with E-state index in [1.807, 2.05) is 6.07 Å². The summed E-state index contributed by atoms with van der Waals surface area (Å²) in [6.07, 6.45) is 2.86. The van der Waals surface area contributed by atoms with Gasteiger partial charge in [0.25, 0.3) is 0 Å². The third kappa shape index (κ3) is 2.28. The maximum atomic E-state index is 11.0. The molecule has 0 fully saturated rings. The first kappa shape index (κ1) is 9.99. The lowest BCUT2D eigenvalue weighted by Gasteiger charge is -2.05. The van der Waals surface area contributed by atoms with Gasteiger partial charge in [-0.2, -0.15) is 9.99 Å². The van der Waals surface area contributed by atoms with Gasteiger partial charge in [-0.25, -0.2) is 0 Å². The molecule has 4 heteroatoms. The van der Waals surface area contributed by atoms with E-state index in [1.54, 1.807) is 36.4 Å². The van der Waals surface area contributed by atoms with Crippen LogP contribution in [0.4, 0.5) is 11.4 Å². The summed E-state index contributed by atoms with van der Waals surface area (Å²) in [6, 6.07) is 12.5. The summed E-state index contributed by atoms with van der Waals surface area (Å²) in [5.74, 6) is 0. The number of pyridine rings is 1. The van der Waals surface area contributed by atoms with Crippen LogP contribution in [0.3, 0.4) is 0 Å². The maximum absolute atomic E-state index is 11.0. The summed E-state index contributed by atoms with van der Waals surface area (Å²) in [6.45, 7) is 0. The van der Waals surface area contributed by atoms with Crippen LogP contribution >= 0.6 is 0 Å². The summed E-state index contributed by atoms with van der Waals surface area (Å²) in [7, 11) is 0. The number of aromatic nitrogens is 1. The molecule has 16 heavy (non-hydrogen) atoms. The zero-order valence-corrected chi connectivity index (χ0v) is 8.42. The van der Waals surface area contributed by atoms with Gasteiger partial charge in [0, 0.05) is 11.8 Å². The molecule has 0 atom stereocenters. The average Bonchev–Trinajstić information content (AvgIpc) is 2.30. The molecule has 0 unspecified atom stereocenters. The van der Waals surface area contributed by atoms with E-state index in [0.29, 0.717) is 11.3 Å². The van der Waals surface area contributed by atoms with Crippen LogP contribution in [0, 0.1) is 16.5 Å². The molecule has 2 aromatic rings. The fourth-order valence-corrected chi connectivity index (χ4v) is 1.32. The Morgan fingerprint density at radius 2 is 1.88 bits per heavy atom. The van der Waals surface area contributed by atoms with Gasteiger partial charge in [0.2, 0.25) is 6.20 Å². The lowest BCUT2D eigenvalue weighted by molar-refractivity contribution is -0.604. The van der Waals surface area contributed by atoms with E-state index >= 15 is 0 Å². The number of hydrogen-bond donors (Lipinski definition) is 1. The number of nitrogens with zero attached hydrogens (tertiary/aromatic N) is 2. The second kappa shape index (κ2) is 4.32. The summed E-state index contributed by atoms with van der Waals surface area (Å²) in [5.41, 5.74) is 2.16. The van der Waals surface area contributed by atoms with Crippen molar-refractivity contribution in [2.24, 2.45) is 0 Å². The first-order valence-electron chi connectivity index (χ1n) is 4.74. The maximum Gasteiger partial charge on any atom is 0.203 e. The standard InChI is InChI=1S/C12H9N3O/c13-8-10-3-5-11(6-4-10)14-12-2-1-7-15(16)9-12/h1-7,9,14H. The predicted molar refractivity (Wildman–Crippen MR) is 59.8 cm³/mol. The van der Waals surface area contributed by atoms with E-state index in [0.717, 1.165) is 10.4 Å². The van der Waals surface area contributed by atoms with Crippen molar-refractivity contribution < 1.29 is 4.73 Å². The summed E-state index contributed by atoms with van der Waals surface area (Å²) < 4.78 is 0.728. The van der Waals surface area contributed by atoms with E-state index in [4.69, 9.17) is 5.26 Å². The van der Waals surface area contributed by atoms with Crippen molar-refractivity contribution in [2.45, 2.75) is 0 Å². The lowest BCUT2D eigenvalue weighted by Crippen LogP contribution is -2.24. The van der Waals surface area contributed by atoms with Crippen molar-refractivity contribution in [3.05, 3.63) is 59.6 Å². The first-order valence-corrected chi connectivity index (χ1v) is 4.74. The topological polar surface area (TPSA) is 62.8 Å². The Morgan fingerprint density at radius 3 is 2.50 bits per heavy atom. The van der Waals surface area contributed by atoms with Gasteiger partial charge in [-0.3, -0.25) is 0 Å². The zero-order chi connectivity index (χ0) is 11.4. The SMILES string of the molecule is N#Cc1ccc(Nc2ccc[n+]([O-])c2)cc1. The largest absolute Gasteiger partial charge is 0.619 e. The van der Waals surface area contributed by atoms with Gasteiger partial charge < -0.3 is 10.5 Å². The van der Waals surface area contributed by atoms with Crippen molar-refractivity contribution in [2.75, 3.05) is 5.32 Å². The van der Waals surface area contributed by atoms with Crippen LogP contribution in [0.5, 0.6) is 0 Å². The molecule has 1 N–H and O–H groups in total. The van der Waals surface area contributed by atoms with Crippen LogP contribution in [0.15, 0.2) is 48.8 Å². The molecule has 0 radical (unpaired) electrons. The second-order valence-electron chi connectivity index (χ2n) is 3.27. The molecule has 0 saturated carbocycles. The number of hydrogen-bond acceptors (Lipinski definition) is 3. The highest BCUT2D eigenvalue weighted by atomic mass is 16.5. The van der Waals surface area contributed by atoms with Crippen LogP contribution in [0.25, 0.3) is 0 Å². The second-order valence-corrected chi connectivity index (χ2v) is 3.27. The molecule has 1 aromatic carbocycles. The van der Waals surface area contributed by atoms with Crippen molar-refractivity contribution in [1.29, 1.82) is 5.26 Å². The molecule has 0 aliphatic heterocycles. The lowest BCUT2D eigenvalue weighted by atomic mass is 10.2. The number of anilines is 2. The molecular weight excluding hydrogens is 202 g/mol. The molecule has 1 aromatic heterocycles. The van der Waals surface area contributed by atoms with Crippen molar-refractivity contribution in [3.8, 4) is 6.07 Å². The average molecular weight is 211 g/mol. The molecule has 1 heterocycles. The summed E-state index contributed by atoms with van der Waals surface area (Å²) in [5, 5.41) is 22.7. The highest BCUT2D eigenvalue weighted by Crippen LogP contribution is 2.14. The normalized spacial score (nSPS) is 9.44. The third-order valence-corrected chi connectivity index (χ3v) is 2.08. The zero-order valence-electron chi connectivity index (χ0n) is 8.42. The molecule has 2 rings (SSSR count). The molecule has 0 spiro atoms. The minimum Gasteiger partial charge on any atom is -0.619 e. The van der Waals surface area contributed by atoms with Crippen molar-refractivity contribution in [1.82, 2.24) is 0 Å². The Balaban J connectivity index is 2.18. The minimum absolute atomic E-state index is 0.609. The number of rotatable bonds is 2. The molecule has 0 aliphatic carbocycles. The van der Waals surface area contributed by atoms with E-state index in [-0.39, 0.29) is 0 Å². The molecule has 0 saturated heterocycles. The van der Waals surface area contributed by atoms with Gasteiger partial charge in [0.1, 0.15) is 5.69 Å². The summed E-state index contributed by atoms with van der Waals surface area (Å²) in [4.78, 5) is 0. The monoisotopic (exact) mass is 211 g/mol. The van der Waals surface area contributed by atoms with Crippen LogP contribution in [-0.4, -0.2) is 0 Å². The fourth-order valence-electron chi connectivity index (χ4n) is 1.32. The molecule has 0 bridgehead atoms. The quantitative estimate of drug-likeness (QED) is 0.609. The van der Waals surface area contributed by atoms with Crippen LogP contribution < -0.4 is 10.0 Å². The Kier molecular flexibility index (Phi) is 2.70. The van der Waals surface area contributed by atoms with E-state index in [2.05, 4.69) is 5.32 Å². The molecule has 0 amide bonds. The van der Waals surface area contributed by atoms with Gasteiger partial charge >= 0.3 is 0 Å². The Labute approximate surface area is 93.0 Å². The molecule has 0 aliphatic rings. The molecule has 78 valence electrons. The fraction of sp³-hybridized carbons (Fsp3) is 0. The predicted octanol–water partition coefficient (Wildman–Crippen LogP) is 1.94. The van der Waals surface area contributed by atoms with Gasteiger partial charge in [0.15, 0.2) is 6.20 Å². The summed E-state index contributed by atoms with van der Waals surface area (Å²) >= 11 is 0. The minimum atomic E-state index is 0.609. The van der Waals surface area contributed by atoms with Gasteiger partial charge in [-0.15, -0.1) is 0 Å². The Bertz CT molecular complexity index is 529. The van der Waals surface area contributed by atoms with E-state index in [1.165, 1.54) is 12.4 Å². The highest BCUT2D eigenvalue weighted by Gasteiger charge is 1.98. The van der Waals surface area contributed by atoms with E-state index in [9.17, 15) is 5.21 Å². The van der Waals surface area contributed by atoms with Crippen molar-refractivity contribution in [3.63, 3.8) is 0 Å². The van der Waals surface area contributed by atoms with Crippen LogP contribution in [0.1, 0.15) is 5.56 Å². The number of benzene rings is 1. The Hall–Kier alpha value is -2.54. The highest BCUT2D eigenvalue weighted by molar-refractivity contribution is 5.58. The number of nitriles is 1. The van der Waals surface area contributed by atoms with Gasteiger partial charge in [-0.05, 0) is 30.3 Å². The van der Waals surface area contributed by atoms with Gasteiger partial charge in [-0.1, -0.05) is 0 Å². The molecular formula is C12H9N3O. The van der Waals surface area contributed by atoms with E-state index < -0.39 is 0 Å². The van der Waals surface area contributed by atoms with Gasteiger partial charge in [0.05, 0.1) is 11.6 Å². The van der Waals surface area contributed by atoms with Crippen molar-refractivity contribution >= 4 is 11.4 Å².